The van der Waals surface area contributed by atoms with E-state index in [1.165, 1.54) is 23.5 Å². The number of nitrogens with zero attached hydrogens (tertiary/aromatic N) is 2. The Morgan fingerprint density at radius 1 is 1.23 bits per heavy atom. The van der Waals surface area contributed by atoms with E-state index in [-0.39, 0.29) is 24.3 Å². The van der Waals surface area contributed by atoms with Gasteiger partial charge < -0.3 is 14.2 Å². The fourth-order valence-electron chi connectivity index (χ4n) is 3.93. The molecule has 0 atom stereocenters. The molecule has 1 fully saturated rings. The molecule has 1 saturated heterocycles. The molecule has 0 bridgehead atoms. The molecule has 0 radical (unpaired) electrons. The minimum atomic E-state index is -0.651. The molecule has 3 aromatic rings. The average molecular weight is 511 g/mol. The highest BCUT2D eigenvalue weighted by Crippen LogP contribution is 2.35. The molecule has 164 valence electrons. The summed E-state index contributed by atoms with van der Waals surface area (Å²) in [7, 11) is 0. The largest absolute Gasteiger partial charge is 0.466 e. The zero-order valence-electron chi connectivity index (χ0n) is 16.9. The first kappa shape index (κ1) is 22.0. The monoisotopic (exact) mass is 510 g/mol. The third-order valence-electron chi connectivity index (χ3n) is 5.54. The third-order valence-corrected chi connectivity index (χ3v) is 7.37. The molecule has 1 aliphatic heterocycles. The summed E-state index contributed by atoms with van der Waals surface area (Å²) in [5.41, 5.74) is 1.55. The average Bonchev–Trinajstić information content (AvgIpc) is 3.30. The third kappa shape index (κ3) is 4.39. The maximum Gasteiger partial charge on any atom is 0.309 e. The van der Waals surface area contributed by atoms with Crippen molar-refractivity contribution in [3.63, 3.8) is 0 Å². The molecular formula is C22H21BrF2N2O3S. The smallest absolute Gasteiger partial charge is 0.309 e. The van der Waals surface area contributed by atoms with E-state index in [1.54, 1.807) is 16.4 Å². The second-order valence-corrected chi connectivity index (χ2v) is 9.23. The number of likely N-dealkylation sites (tertiary alicyclic amines) is 1. The first-order chi connectivity index (χ1) is 14.9. The molecule has 5 nitrogen and oxygen atoms in total. The van der Waals surface area contributed by atoms with E-state index in [4.69, 9.17) is 4.74 Å². The van der Waals surface area contributed by atoms with Crippen LogP contribution in [0.2, 0.25) is 0 Å². The summed E-state index contributed by atoms with van der Waals surface area (Å²) >= 11 is 5.00. The zero-order valence-corrected chi connectivity index (χ0v) is 19.3. The van der Waals surface area contributed by atoms with Gasteiger partial charge in [-0.15, -0.1) is 11.3 Å². The normalized spacial score (nSPS) is 14.9. The number of hydrogen-bond acceptors (Lipinski definition) is 4. The summed E-state index contributed by atoms with van der Waals surface area (Å²) in [5, 5.41) is 1.92. The zero-order chi connectivity index (χ0) is 22.1. The molecule has 0 aliphatic carbocycles. The van der Waals surface area contributed by atoms with Crippen molar-refractivity contribution in [2.45, 2.75) is 26.3 Å². The number of amides is 1. The van der Waals surface area contributed by atoms with Crippen LogP contribution in [0.1, 0.15) is 35.8 Å². The molecule has 0 saturated carbocycles. The van der Waals surface area contributed by atoms with Crippen LogP contribution in [-0.2, 0) is 16.1 Å². The van der Waals surface area contributed by atoms with Gasteiger partial charge in [0.25, 0.3) is 5.91 Å². The molecule has 1 aliphatic rings. The number of carbonyl (C=O) groups is 2. The fraction of sp³-hybridized carbons (Fsp3) is 0.364. The number of piperidine rings is 1. The number of rotatable bonds is 5. The second kappa shape index (κ2) is 9.08. The van der Waals surface area contributed by atoms with Gasteiger partial charge >= 0.3 is 5.97 Å². The maximum absolute atomic E-state index is 14.3. The standard InChI is InChI=1S/C22H21BrF2N2O3S/c1-2-30-22(29)13-5-7-26(8-6-13)21(28)18-10-19-20(16(23)12-31-19)27(18)11-14-3-4-15(24)9-17(14)25/h3-4,9-10,12-13H,2,5-8,11H2,1H3. The van der Waals surface area contributed by atoms with Crippen molar-refractivity contribution >= 4 is 49.4 Å². The van der Waals surface area contributed by atoms with E-state index in [0.29, 0.717) is 43.8 Å². The number of thiophene rings is 1. The summed E-state index contributed by atoms with van der Waals surface area (Å²) in [6, 6.07) is 5.27. The van der Waals surface area contributed by atoms with Crippen LogP contribution < -0.4 is 0 Å². The topological polar surface area (TPSA) is 51.5 Å². The van der Waals surface area contributed by atoms with Gasteiger partial charge in [0.05, 0.1) is 33.8 Å². The number of carbonyl (C=O) groups excluding carboxylic acids is 2. The van der Waals surface area contributed by atoms with Crippen LogP contribution in [0.15, 0.2) is 34.1 Å². The molecule has 1 amide bonds. The minimum Gasteiger partial charge on any atom is -0.466 e. The highest BCUT2D eigenvalue weighted by molar-refractivity contribution is 9.10. The summed E-state index contributed by atoms with van der Waals surface area (Å²) in [6.45, 7) is 3.13. The van der Waals surface area contributed by atoms with Crippen molar-refractivity contribution in [1.82, 2.24) is 9.47 Å². The second-order valence-electron chi connectivity index (χ2n) is 7.47. The van der Waals surface area contributed by atoms with Gasteiger partial charge in [0.2, 0.25) is 0 Å². The number of esters is 1. The summed E-state index contributed by atoms with van der Waals surface area (Å²) in [6.07, 6.45) is 1.10. The van der Waals surface area contributed by atoms with Crippen molar-refractivity contribution in [2.75, 3.05) is 19.7 Å². The Morgan fingerprint density at radius 2 is 1.97 bits per heavy atom. The molecule has 0 N–H and O–H groups in total. The van der Waals surface area contributed by atoms with Gasteiger partial charge in [0.1, 0.15) is 17.3 Å². The van der Waals surface area contributed by atoms with E-state index in [1.807, 2.05) is 11.4 Å². The van der Waals surface area contributed by atoms with Crippen LogP contribution in [0, 0.1) is 17.6 Å². The SMILES string of the molecule is CCOC(=O)C1CCN(C(=O)c2cc3scc(Br)c3n2Cc2ccc(F)cc2F)CC1. The van der Waals surface area contributed by atoms with E-state index >= 15 is 0 Å². The highest BCUT2D eigenvalue weighted by atomic mass is 79.9. The van der Waals surface area contributed by atoms with Crippen LogP contribution in [-0.4, -0.2) is 41.0 Å². The van der Waals surface area contributed by atoms with Crippen LogP contribution in [0.5, 0.6) is 0 Å². The number of benzene rings is 1. The number of ether oxygens (including phenoxy) is 1. The maximum atomic E-state index is 14.3. The van der Waals surface area contributed by atoms with Gasteiger partial charge in [-0.2, -0.15) is 0 Å². The molecule has 1 aromatic carbocycles. The molecule has 3 heterocycles. The van der Waals surface area contributed by atoms with E-state index in [0.717, 1.165) is 20.8 Å². The number of hydrogen-bond donors (Lipinski definition) is 0. The predicted octanol–water partition coefficient (Wildman–Crippen LogP) is 5.21. The molecule has 2 aromatic heterocycles. The molecule has 9 heteroatoms. The summed E-state index contributed by atoms with van der Waals surface area (Å²) in [4.78, 5) is 27.1. The van der Waals surface area contributed by atoms with Gasteiger partial charge in [-0.25, -0.2) is 8.78 Å². The lowest BCUT2D eigenvalue weighted by molar-refractivity contribution is -0.149. The van der Waals surface area contributed by atoms with Crippen molar-refractivity contribution < 1.29 is 23.1 Å². The predicted molar refractivity (Wildman–Crippen MR) is 118 cm³/mol. The Bertz CT molecular complexity index is 1140. The van der Waals surface area contributed by atoms with Crippen molar-refractivity contribution in [1.29, 1.82) is 0 Å². The van der Waals surface area contributed by atoms with Crippen LogP contribution >= 0.6 is 27.3 Å². The number of halogens is 3. The van der Waals surface area contributed by atoms with Gasteiger partial charge in [0.15, 0.2) is 0 Å². The Kier molecular flexibility index (Phi) is 6.43. The first-order valence-electron chi connectivity index (χ1n) is 10.0. The quantitative estimate of drug-likeness (QED) is 0.443. The lowest BCUT2D eigenvalue weighted by atomic mass is 9.97. The lowest BCUT2D eigenvalue weighted by Crippen LogP contribution is -2.41. The molecule has 0 spiro atoms. The number of fused-ring (bicyclic) bond motifs is 1. The highest BCUT2D eigenvalue weighted by Gasteiger charge is 2.30. The van der Waals surface area contributed by atoms with Crippen molar-refractivity contribution in [3.05, 3.63) is 57.0 Å². The van der Waals surface area contributed by atoms with Gasteiger partial charge in [-0.05, 0) is 47.8 Å². The molecule has 31 heavy (non-hydrogen) atoms. The minimum absolute atomic E-state index is 0.102. The first-order valence-corrected chi connectivity index (χ1v) is 11.7. The van der Waals surface area contributed by atoms with E-state index in [2.05, 4.69) is 15.9 Å². The van der Waals surface area contributed by atoms with Gasteiger partial charge in [-0.3, -0.25) is 9.59 Å². The summed E-state index contributed by atoms with van der Waals surface area (Å²) in [5.74, 6) is -1.87. The van der Waals surface area contributed by atoms with Gasteiger partial charge in [-0.1, -0.05) is 6.07 Å². The van der Waals surface area contributed by atoms with Gasteiger partial charge in [0, 0.05) is 30.1 Å². The summed E-state index contributed by atoms with van der Waals surface area (Å²) < 4.78 is 36.3. The van der Waals surface area contributed by atoms with Crippen LogP contribution in [0.4, 0.5) is 8.78 Å². The Labute approximate surface area is 190 Å². The van der Waals surface area contributed by atoms with E-state index in [9.17, 15) is 18.4 Å². The van der Waals surface area contributed by atoms with Crippen LogP contribution in [0.3, 0.4) is 0 Å². The Balaban J connectivity index is 1.61. The van der Waals surface area contributed by atoms with E-state index < -0.39 is 11.6 Å². The van der Waals surface area contributed by atoms with Crippen molar-refractivity contribution in [2.24, 2.45) is 5.92 Å². The van der Waals surface area contributed by atoms with Crippen molar-refractivity contribution in [3.8, 4) is 0 Å². The lowest BCUT2D eigenvalue weighted by Gasteiger charge is -2.31. The molecular weight excluding hydrogens is 490 g/mol. The Morgan fingerprint density at radius 3 is 2.65 bits per heavy atom. The fourth-order valence-corrected chi connectivity index (χ4v) is 5.63. The Hall–Kier alpha value is -2.26. The molecule has 0 unspecified atom stereocenters. The molecule has 4 rings (SSSR count). The number of aromatic nitrogens is 1. The van der Waals surface area contributed by atoms with Crippen LogP contribution in [0.25, 0.3) is 10.2 Å².